The van der Waals surface area contributed by atoms with Crippen molar-refractivity contribution in [3.63, 3.8) is 0 Å². The molecule has 27 heavy (non-hydrogen) atoms. The third kappa shape index (κ3) is 3.37. The summed E-state index contributed by atoms with van der Waals surface area (Å²) in [6.45, 7) is 2.11. The van der Waals surface area contributed by atoms with Gasteiger partial charge in [0.1, 0.15) is 17.2 Å². The van der Waals surface area contributed by atoms with Gasteiger partial charge in [0.25, 0.3) is 0 Å². The lowest BCUT2D eigenvalue weighted by atomic mass is 9.93. The van der Waals surface area contributed by atoms with Crippen molar-refractivity contribution in [1.29, 1.82) is 0 Å². The molecule has 2 aromatic rings. The number of ether oxygens (including phenoxy) is 4. The van der Waals surface area contributed by atoms with Crippen LogP contribution in [0.4, 0.5) is 0 Å². The van der Waals surface area contributed by atoms with Gasteiger partial charge in [0.05, 0.1) is 20.3 Å². The van der Waals surface area contributed by atoms with E-state index in [2.05, 4.69) is 4.90 Å². The second-order valence-corrected chi connectivity index (χ2v) is 6.87. The van der Waals surface area contributed by atoms with Crippen LogP contribution in [0.15, 0.2) is 30.3 Å². The van der Waals surface area contributed by atoms with Crippen LogP contribution in [-0.2, 0) is 0 Å². The summed E-state index contributed by atoms with van der Waals surface area (Å²) in [6, 6.07) is 9.22. The van der Waals surface area contributed by atoms with Crippen molar-refractivity contribution in [2.75, 3.05) is 34.1 Å². The highest BCUT2D eigenvalue weighted by Gasteiger charge is 2.31. The molecule has 0 unspecified atom stereocenters. The summed E-state index contributed by atoms with van der Waals surface area (Å²) in [5, 5.41) is 10.8. The molecule has 4 rings (SSSR count). The molecule has 6 nitrogen and oxygen atoms in total. The van der Waals surface area contributed by atoms with E-state index < -0.39 is 0 Å². The standard InChI is InChI=1S/C21H25NO5/c1-24-14-6-7-15(18(10-14)25-2)21(22-8-4-3-5-9-22)16-11-19-20(12-17(16)23)27-13-26-19/h6-7,10-12,21,23H,3-5,8-9,13H2,1-2H3/t21-/m1/s1. The molecular formula is C21H25NO5. The Kier molecular flexibility index (Phi) is 4.99. The minimum atomic E-state index is -0.138. The number of hydrogen-bond acceptors (Lipinski definition) is 6. The van der Waals surface area contributed by atoms with Crippen molar-refractivity contribution in [3.05, 3.63) is 41.5 Å². The lowest BCUT2D eigenvalue weighted by molar-refractivity contribution is 0.173. The van der Waals surface area contributed by atoms with Crippen LogP contribution in [0.5, 0.6) is 28.7 Å². The number of piperidine rings is 1. The van der Waals surface area contributed by atoms with E-state index in [1.165, 1.54) is 6.42 Å². The number of nitrogens with zero attached hydrogens (tertiary/aromatic N) is 1. The van der Waals surface area contributed by atoms with Crippen LogP contribution in [0.25, 0.3) is 0 Å². The SMILES string of the molecule is COc1ccc([C@H](c2cc3c(cc2O)OCO3)N2CCCCC2)c(OC)c1. The van der Waals surface area contributed by atoms with Crippen LogP contribution in [0, 0.1) is 0 Å². The highest BCUT2D eigenvalue weighted by Crippen LogP contribution is 2.45. The number of rotatable bonds is 5. The van der Waals surface area contributed by atoms with Gasteiger partial charge in [0.2, 0.25) is 6.79 Å². The Balaban J connectivity index is 1.83. The predicted molar refractivity (Wildman–Crippen MR) is 101 cm³/mol. The average molecular weight is 371 g/mol. The maximum Gasteiger partial charge on any atom is 0.231 e. The third-order valence-electron chi connectivity index (χ3n) is 5.31. The molecule has 144 valence electrons. The zero-order valence-electron chi connectivity index (χ0n) is 15.7. The van der Waals surface area contributed by atoms with Crippen molar-refractivity contribution in [1.82, 2.24) is 4.90 Å². The van der Waals surface area contributed by atoms with Gasteiger partial charge in [-0.15, -0.1) is 0 Å². The molecule has 2 aliphatic rings. The zero-order valence-corrected chi connectivity index (χ0v) is 15.7. The highest BCUT2D eigenvalue weighted by molar-refractivity contribution is 5.56. The van der Waals surface area contributed by atoms with Crippen LogP contribution >= 0.6 is 0 Å². The second kappa shape index (κ2) is 7.56. The Labute approximate surface area is 159 Å². The summed E-state index contributed by atoms with van der Waals surface area (Å²) in [5.41, 5.74) is 1.79. The molecule has 1 N–H and O–H groups in total. The van der Waals surface area contributed by atoms with E-state index in [0.29, 0.717) is 11.5 Å². The zero-order chi connectivity index (χ0) is 18.8. The fourth-order valence-corrected chi connectivity index (χ4v) is 3.95. The molecule has 2 aliphatic heterocycles. The van der Waals surface area contributed by atoms with Crippen molar-refractivity contribution >= 4 is 0 Å². The minimum Gasteiger partial charge on any atom is -0.507 e. The molecule has 0 bridgehead atoms. The number of aromatic hydroxyl groups is 1. The topological polar surface area (TPSA) is 60.4 Å². The van der Waals surface area contributed by atoms with Gasteiger partial charge in [-0.1, -0.05) is 6.42 Å². The summed E-state index contributed by atoms with van der Waals surface area (Å²) in [4.78, 5) is 2.39. The number of methoxy groups -OCH3 is 2. The van der Waals surface area contributed by atoms with Gasteiger partial charge in [0.15, 0.2) is 11.5 Å². The van der Waals surface area contributed by atoms with Gasteiger partial charge >= 0.3 is 0 Å². The molecule has 1 atom stereocenters. The largest absolute Gasteiger partial charge is 0.507 e. The van der Waals surface area contributed by atoms with Crippen LogP contribution in [0.1, 0.15) is 36.4 Å². The van der Waals surface area contributed by atoms with E-state index in [4.69, 9.17) is 18.9 Å². The molecule has 0 saturated carbocycles. The lowest BCUT2D eigenvalue weighted by Crippen LogP contribution is -2.34. The molecular weight excluding hydrogens is 346 g/mol. The van der Waals surface area contributed by atoms with Crippen molar-refractivity contribution in [3.8, 4) is 28.7 Å². The lowest BCUT2D eigenvalue weighted by Gasteiger charge is -2.36. The van der Waals surface area contributed by atoms with Crippen molar-refractivity contribution < 1.29 is 24.1 Å². The van der Waals surface area contributed by atoms with Gasteiger partial charge in [-0.05, 0) is 44.1 Å². The molecule has 0 radical (unpaired) electrons. The number of fused-ring (bicyclic) bond motifs is 1. The summed E-state index contributed by atoms with van der Waals surface area (Å²) in [6.07, 6.45) is 3.51. The molecule has 2 heterocycles. The van der Waals surface area contributed by atoms with E-state index in [1.807, 2.05) is 24.3 Å². The number of phenols is 1. The number of likely N-dealkylation sites (tertiary alicyclic amines) is 1. The fourth-order valence-electron chi connectivity index (χ4n) is 3.95. The maximum absolute atomic E-state index is 10.8. The highest BCUT2D eigenvalue weighted by atomic mass is 16.7. The van der Waals surface area contributed by atoms with Gasteiger partial charge in [-0.25, -0.2) is 0 Å². The Morgan fingerprint density at radius 2 is 1.67 bits per heavy atom. The molecule has 0 spiro atoms. The Bertz CT molecular complexity index is 816. The average Bonchev–Trinajstić information content (AvgIpc) is 3.16. The molecule has 0 aromatic heterocycles. The number of benzene rings is 2. The normalized spacial score (nSPS) is 17.6. The van der Waals surface area contributed by atoms with Gasteiger partial charge < -0.3 is 24.1 Å². The molecule has 1 saturated heterocycles. The van der Waals surface area contributed by atoms with Crippen LogP contribution in [0.3, 0.4) is 0 Å². The van der Waals surface area contributed by atoms with Gasteiger partial charge in [-0.2, -0.15) is 0 Å². The first-order chi connectivity index (χ1) is 13.2. The summed E-state index contributed by atoms with van der Waals surface area (Å²) < 4.78 is 22.0. The van der Waals surface area contributed by atoms with E-state index >= 15 is 0 Å². The molecule has 6 heteroatoms. The second-order valence-electron chi connectivity index (χ2n) is 6.87. The summed E-state index contributed by atoms with van der Waals surface area (Å²) >= 11 is 0. The number of phenolic OH excluding ortho intramolecular Hbond substituents is 1. The Hall–Kier alpha value is -2.60. The van der Waals surface area contributed by atoms with E-state index in [1.54, 1.807) is 20.3 Å². The fraction of sp³-hybridized carbons (Fsp3) is 0.429. The first-order valence-corrected chi connectivity index (χ1v) is 9.29. The van der Waals surface area contributed by atoms with Gasteiger partial charge in [-0.3, -0.25) is 4.90 Å². The maximum atomic E-state index is 10.8. The minimum absolute atomic E-state index is 0.138. The van der Waals surface area contributed by atoms with Gasteiger partial charge in [0, 0.05) is 23.3 Å². The summed E-state index contributed by atoms with van der Waals surface area (Å²) in [5.74, 6) is 2.92. The first-order valence-electron chi connectivity index (χ1n) is 9.29. The monoisotopic (exact) mass is 371 g/mol. The van der Waals surface area contributed by atoms with Crippen molar-refractivity contribution in [2.45, 2.75) is 25.3 Å². The predicted octanol–water partition coefficient (Wildman–Crippen LogP) is 3.71. The van der Waals surface area contributed by atoms with Crippen molar-refractivity contribution in [2.24, 2.45) is 0 Å². The van der Waals surface area contributed by atoms with E-state index in [9.17, 15) is 5.11 Å². The summed E-state index contributed by atoms with van der Waals surface area (Å²) in [7, 11) is 3.30. The van der Waals surface area contributed by atoms with Crippen LogP contribution < -0.4 is 18.9 Å². The van der Waals surface area contributed by atoms with E-state index in [0.717, 1.165) is 48.6 Å². The quantitative estimate of drug-likeness (QED) is 0.865. The van der Waals surface area contributed by atoms with Crippen LogP contribution in [-0.4, -0.2) is 44.1 Å². The van der Waals surface area contributed by atoms with Crippen LogP contribution in [0.2, 0.25) is 0 Å². The first kappa shape index (κ1) is 17.8. The number of hydrogen-bond donors (Lipinski definition) is 1. The Morgan fingerprint density at radius 3 is 2.37 bits per heavy atom. The molecule has 2 aromatic carbocycles. The molecule has 1 fully saturated rings. The third-order valence-corrected chi connectivity index (χ3v) is 5.31. The molecule has 0 amide bonds. The Morgan fingerprint density at radius 1 is 0.926 bits per heavy atom. The molecule has 0 aliphatic carbocycles. The van der Waals surface area contributed by atoms with E-state index in [-0.39, 0.29) is 18.6 Å². The smallest absolute Gasteiger partial charge is 0.231 e.